The molecule has 2 aliphatic rings. The van der Waals surface area contributed by atoms with Crippen LogP contribution in [0.25, 0.3) is 0 Å². The van der Waals surface area contributed by atoms with Crippen molar-refractivity contribution in [3.63, 3.8) is 0 Å². The molecule has 1 aromatic carbocycles. The summed E-state index contributed by atoms with van der Waals surface area (Å²) in [5, 5.41) is 9.41. The van der Waals surface area contributed by atoms with Crippen molar-refractivity contribution in [2.75, 3.05) is 6.54 Å². The van der Waals surface area contributed by atoms with Gasteiger partial charge >= 0.3 is 5.97 Å². The molecule has 4 nitrogen and oxygen atoms in total. The van der Waals surface area contributed by atoms with Crippen molar-refractivity contribution in [2.45, 2.75) is 25.3 Å². The summed E-state index contributed by atoms with van der Waals surface area (Å²) in [6.07, 6.45) is 2.80. The highest BCUT2D eigenvalue weighted by Crippen LogP contribution is 2.42. The lowest BCUT2D eigenvalue weighted by atomic mass is 9.94. The fourth-order valence-corrected chi connectivity index (χ4v) is 3.62. The van der Waals surface area contributed by atoms with Crippen LogP contribution in [0.15, 0.2) is 24.3 Å². The summed E-state index contributed by atoms with van der Waals surface area (Å²) in [6.45, 7) is 0.425. The highest BCUT2D eigenvalue weighted by Gasteiger charge is 2.49. The van der Waals surface area contributed by atoms with Gasteiger partial charge in [0.25, 0.3) is 5.91 Å². The first-order valence-corrected chi connectivity index (χ1v) is 6.88. The zero-order valence-corrected chi connectivity index (χ0v) is 11.0. The maximum Gasteiger partial charge on any atom is 0.326 e. The zero-order valence-electron chi connectivity index (χ0n) is 11.0. The number of aliphatic carboxylic acids is 1. The van der Waals surface area contributed by atoms with Crippen LogP contribution in [0, 0.1) is 17.7 Å². The van der Waals surface area contributed by atoms with Gasteiger partial charge in [-0.05, 0) is 36.8 Å². The smallest absolute Gasteiger partial charge is 0.326 e. The van der Waals surface area contributed by atoms with E-state index in [0.29, 0.717) is 6.54 Å². The lowest BCUT2D eigenvalue weighted by Crippen LogP contribution is -2.43. The number of fused-ring (bicyclic) bond motifs is 1. The third-order valence-electron chi connectivity index (χ3n) is 4.51. The molecule has 1 N–H and O–H groups in total. The number of carboxylic acids is 1. The number of nitrogens with zero attached hydrogens (tertiary/aromatic N) is 1. The van der Waals surface area contributed by atoms with Gasteiger partial charge in [0.1, 0.15) is 11.9 Å². The van der Waals surface area contributed by atoms with Gasteiger partial charge in [0, 0.05) is 6.54 Å². The number of amides is 1. The van der Waals surface area contributed by atoms with E-state index in [9.17, 15) is 19.1 Å². The zero-order chi connectivity index (χ0) is 14.3. The van der Waals surface area contributed by atoms with Crippen LogP contribution in [-0.4, -0.2) is 34.5 Å². The molecule has 3 atom stereocenters. The molecular weight excluding hydrogens is 261 g/mol. The molecule has 1 aliphatic carbocycles. The predicted molar refractivity (Wildman–Crippen MR) is 69.7 cm³/mol. The van der Waals surface area contributed by atoms with E-state index in [0.717, 1.165) is 19.3 Å². The van der Waals surface area contributed by atoms with Gasteiger partial charge in [-0.2, -0.15) is 0 Å². The second-order valence-electron chi connectivity index (χ2n) is 5.58. The van der Waals surface area contributed by atoms with Crippen molar-refractivity contribution in [3.05, 3.63) is 35.6 Å². The minimum Gasteiger partial charge on any atom is -0.480 e. The Bertz CT molecular complexity index is 560. The Morgan fingerprint density at radius 3 is 2.70 bits per heavy atom. The van der Waals surface area contributed by atoms with Crippen LogP contribution in [0.3, 0.4) is 0 Å². The number of halogens is 1. The first kappa shape index (κ1) is 13.1. The Labute approximate surface area is 116 Å². The molecule has 5 heteroatoms. The third-order valence-corrected chi connectivity index (χ3v) is 4.51. The summed E-state index contributed by atoms with van der Waals surface area (Å²) in [5.41, 5.74) is -0.0428. The van der Waals surface area contributed by atoms with Gasteiger partial charge in [0.2, 0.25) is 0 Å². The molecular formula is C15H16FNO3. The number of likely N-dealkylation sites (tertiary alicyclic amines) is 1. The second-order valence-corrected chi connectivity index (χ2v) is 5.58. The SMILES string of the molecule is O=C(O)C1C2CCCC2CN1C(=O)c1ccccc1F. The largest absolute Gasteiger partial charge is 0.480 e. The van der Waals surface area contributed by atoms with Gasteiger partial charge in [0.05, 0.1) is 5.56 Å². The van der Waals surface area contributed by atoms with E-state index in [-0.39, 0.29) is 17.4 Å². The number of rotatable bonds is 2. The highest BCUT2D eigenvalue weighted by atomic mass is 19.1. The van der Waals surface area contributed by atoms with Crippen molar-refractivity contribution in [2.24, 2.45) is 11.8 Å². The Morgan fingerprint density at radius 2 is 2.00 bits per heavy atom. The molecule has 0 spiro atoms. The number of carboxylic acid groups (broad SMARTS) is 1. The normalized spacial score (nSPS) is 28.4. The minimum atomic E-state index is -0.982. The maximum absolute atomic E-state index is 13.7. The molecule has 0 aromatic heterocycles. The van der Waals surface area contributed by atoms with E-state index in [4.69, 9.17) is 0 Å². The van der Waals surface area contributed by atoms with Crippen molar-refractivity contribution >= 4 is 11.9 Å². The topological polar surface area (TPSA) is 57.6 Å². The van der Waals surface area contributed by atoms with Gasteiger partial charge in [-0.1, -0.05) is 18.6 Å². The maximum atomic E-state index is 13.7. The number of carbonyl (C=O) groups is 2. The molecule has 3 unspecified atom stereocenters. The first-order chi connectivity index (χ1) is 9.59. The van der Waals surface area contributed by atoms with Crippen molar-refractivity contribution in [3.8, 4) is 0 Å². The molecule has 0 bridgehead atoms. The standard InChI is InChI=1S/C15H16FNO3/c16-12-7-2-1-5-11(12)14(18)17-8-9-4-3-6-10(9)13(17)15(19)20/h1-2,5,7,9-10,13H,3-4,6,8H2,(H,19,20). The minimum absolute atomic E-state index is 0.0169. The predicted octanol–water partition coefficient (Wildman–Crippen LogP) is 2.15. The molecule has 20 heavy (non-hydrogen) atoms. The Hall–Kier alpha value is -1.91. The number of carbonyl (C=O) groups excluding carboxylic acids is 1. The van der Waals surface area contributed by atoms with Crippen LogP contribution < -0.4 is 0 Å². The summed E-state index contributed by atoms with van der Waals surface area (Å²) in [5.74, 6) is -1.83. The van der Waals surface area contributed by atoms with E-state index >= 15 is 0 Å². The number of benzene rings is 1. The van der Waals surface area contributed by atoms with Crippen LogP contribution >= 0.6 is 0 Å². The molecule has 1 saturated heterocycles. The molecule has 106 valence electrons. The quantitative estimate of drug-likeness (QED) is 0.901. The number of hydrogen-bond acceptors (Lipinski definition) is 2. The van der Waals surface area contributed by atoms with Crippen LogP contribution in [0.4, 0.5) is 4.39 Å². The monoisotopic (exact) mass is 277 g/mol. The molecule has 0 radical (unpaired) electrons. The summed E-state index contributed by atoms with van der Waals surface area (Å²) in [6, 6.07) is 4.92. The summed E-state index contributed by atoms with van der Waals surface area (Å²) < 4.78 is 13.7. The first-order valence-electron chi connectivity index (χ1n) is 6.88. The van der Waals surface area contributed by atoms with Crippen molar-refractivity contribution in [1.29, 1.82) is 0 Å². The van der Waals surface area contributed by atoms with E-state index < -0.39 is 23.7 Å². The lowest BCUT2D eigenvalue weighted by Gasteiger charge is -2.24. The second kappa shape index (κ2) is 4.89. The van der Waals surface area contributed by atoms with Gasteiger partial charge < -0.3 is 10.0 Å². The van der Waals surface area contributed by atoms with E-state index in [1.165, 1.54) is 23.1 Å². The molecule has 1 aromatic rings. The lowest BCUT2D eigenvalue weighted by molar-refractivity contribution is -0.142. The van der Waals surface area contributed by atoms with Crippen LogP contribution in [0.1, 0.15) is 29.6 Å². The van der Waals surface area contributed by atoms with E-state index in [1.807, 2.05) is 0 Å². The van der Waals surface area contributed by atoms with E-state index in [1.54, 1.807) is 6.07 Å². The fourth-order valence-electron chi connectivity index (χ4n) is 3.62. The summed E-state index contributed by atoms with van der Waals surface area (Å²) in [4.78, 5) is 25.3. The average molecular weight is 277 g/mol. The van der Waals surface area contributed by atoms with Gasteiger partial charge in [-0.15, -0.1) is 0 Å². The van der Waals surface area contributed by atoms with Crippen molar-refractivity contribution in [1.82, 2.24) is 4.90 Å². The van der Waals surface area contributed by atoms with Crippen LogP contribution in [0.2, 0.25) is 0 Å². The summed E-state index contributed by atoms with van der Waals surface area (Å²) in [7, 11) is 0. The molecule has 2 fully saturated rings. The van der Waals surface area contributed by atoms with Crippen molar-refractivity contribution < 1.29 is 19.1 Å². The molecule has 1 amide bonds. The van der Waals surface area contributed by atoms with Crippen LogP contribution in [0.5, 0.6) is 0 Å². The summed E-state index contributed by atoms with van der Waals surface area (Å²) >= 11 is 0. The van der Waals surface area contributed by atoms with Gasteiger partial charge in [-0.3, -0.25) is 4.79 Å². The van der Waals surface area contributed by atoms with Gasteiger partial charge in [-0.25, -0.2) is 9.18 Å². The molecule has 1 saturated carbocycles. The molecule has 3 rings (SSSR count). The fraction of sp³-hybridized carbons (Fsp3) is 0.467. The van der Waals surface area contributed by atoms with E-state index in [2.05, 4.69) is 0 Å². The third kappa shape index (κ3) is 1.97. The molecule has 1 heterocycles. The number of hydrogen-bond donors (Lipinski definition) is 1. The van der Waals surface area contributed by atoms with Crippen LogP contribution in [-0.2, 0) is 4.79 Å². The highest BCUT2D eigenvalue weighted by molar-refractivity contribution is 5.97. The van der Waals surface area contributed by atoms with Gasteiger partial charge in [0.15, 0.2) is 0 Å². The average Bonchev–Trinajstić information content (AvgIpc) is 2.97. The Kier molecular flexibility index (Phi) is 3.20. The Morgan fingerprint density at radius 1 is 1.25 bits per heavy atom. The Balaban J connectivity index is 1.91. The molecule has 1 aliphatic heterocycles.